The van der Waals surface area contributed by atoms with Crippen molar-refractivity contribution in [2.24, 2.45) is 0 Å². The van der Waals surface area contributed by atoms with Gasteiger partial charge in [-0.05, 0) is 38.9 Å². The van der Waals surface area contributed by atoms with E-state index in [2.05, 4.69) is 67.1 Å². The lowest BCUT2D eigenvalue weighted by atomic mass is 9.80. The number of benzene rings is 2. The maximum atomic E-state index is 10.4. The summed E-state index contributed by atoms with van der Waals surface area (Å²) in [6, 6.07) is 16.7. The summed E-state index contributed by atoms with van der Waals surface area (Å²) in [6.07, 6.45) is 0.437. The van der Waals surface area contributed by atoms with Crippen molar-refractivity contribution in [1.29, 1.82) is 0 Å². The highest BCUT2D eigenvalue weighted by atomic mass is 35.5. The van der Waals surface area contributed by atoms with Gasteiger partial charge >= 0.3 is 0 Å². The maximum absolute atomic E-state index is 10.4. The van der Waals surface area contributed by atoms with Gasteiger partial charge in [0.25, 0.3) is 0 Å². The number of halogens is 1. The number of aliphatic hydroxyl groups excluding tert-OH is 1. The van der Waals surface area contributed by atoms with Crippen LogP contribution in [-0.4, -0.2) is 73.0 Å². The van der Waals surface area contributed by atoms with E-state index in [4.69, 9.17) is 9.47 Å². The van der Waals surface area contributed by atoms with Gasteiger partial charge in [0.1, 0.15) is 29.8 Å². The molecule has 0 aliphatic carbocycles. The highest BCUT2D eigenvalue weighted by molar-refractivity contribution is 5.85. The molecular weight excluding hydrogens is 412 g/mol. The van der Waals surface area contributed by atoms with Crippen LogP contribution in [0.4, 0.5) is 0 Å². The van der Waals surface area contributed by atoms with Crippen LogP contribution in [0, 0.1) is 0 Å². The van der Waals surface area contributed by atoms with Crippen molar-refractivity contribution in [2.45, 2.75) is 37.9 Å². The van der Waals surface area contributed by atoms with Crippen LogP contribution in [0.2, 0.25) is 0 Å². The quantitative estimate of drug-likeness (QED) is 0.731. The second-order valence-corrected chi connectivity index (χ2v) is 9.30. The molecule has 2 heterocycles. The number of ether oxygens (including phenoxy) is 2. The van der Waals surface area contributed by atoms with Crippen LogP contribution in [0.1, 0.15) is 37.3 Å². The fourth-order valence-corrected chi connectivity index (χ4v) is 4.48. The van der Waals surface area contributed by atoms with E-state index in [1.165, 1.54) is 11.1 Å². The molecule has 1 saturated heterocycles. The van der Waals surface area contributed by atoms with Crippen molar-refractivity contribution in [1.82, 2.24) is 9.80 Å². The molecule has 0 bridgehead atoms. The number of rotatable bonds is 6. The third kappa shape index (κ3) is 6.13. The standard InChI is InChI=1S/C25H34N2O3.ClH/c1-25(2)16-23(19-7-5-4-6-8-19)22-10-9-21(15-24(22)30-25)29-18-20(28)17-27-13-11-26(3)12-14-27;/h4-10,15,20,23,28H,11-14,16-18H2,1-3H3;1H. The number of nitrogens with zero attached hydrogens (tertiary/aromatic N) is 2. The second kappa shape index (κ2) is 10.2. The molecule has 1 N–H and O–H groups in total. The highest BCUT2D eigenvalue weighted by Gasteiger charge is 2.34. The Bertz CT molecular complexity index is 838. The number of piperazine rings is 1. The molecule has 2 aromatic carbocycles. The van der Waals surface area contributed by atoms with Crippen molar-refractivity contribution in [3.8, 4) is 11.5 Å². The lowest BCUT2D eigenvalue weighted by Crippen LogP contribution is -2.47. The van der Waals surface area contributed by atoms with Gasteiger partial charge in [-0.15, -0.1) is 12.4 Å². The Kier molecular flexibility index (Phi) is 7.87. The summed E-state index contributed by atoms with van der Waals surface area (Å²) in [7, 11) is 2.14. The average molecular weight is 447 g/mol. The minimum atomic E-state index is -0.501. The fraction of sp³-hybridized carbons (Fsp3) is 0.520. The first-order valence-electron chi connectivity index (χ1n) is 11.0. The number of hydrogen-bond donors (Lipinski definition) is 1. The Hall–Kier alpha value is -1.79. The lowest BCUT2D eigenvalue weighted by molar-refractivity contribution is 0.0497. The summed E-state index contributed by atoms with van der Waals surface area (Å²) >= 11 is 0. The van der Waals surface area contributed by atoms with Crippen molar-refractivity contribution in [3.63, 3.8) is 0 Å². The molecule has 6 heteroatoms. The van der Waals surface area contributed by atoms with Gasteiger partial charge in [-0.2, -0.15) is 0 Å². The zero-order valence-corrected chi connectivity index (χ0v) is 19.6. The van der Waals surface area contributed by atoms with Gasteiger partial charge in [0.15, 0.2) is 0 Å². The largest absolute Gasteiger partial charge is 0.491 e. The average Bonchev–Trinajstić information content (AvgIpc) is 2.73. The highest BCUT2D eigenvalue weighted by Crippen LogP contribution is 2.45. The summed E-state index contributed by atoms with van der Waals surface area (Å²) in [5.74, 6) is 1.93. The van der Waals surface area contributed by atoms with Crippen LogP contribution < -0.4 is 9.47 Å². The summed E-state index contributed by atoms with van der Waals surface area (Å²) in [6.45, 7) is 9.31. The Morgan fingerprint density at radius 1 is 1.10 bits per heavy atom. The summed E-state index contributed by atoms with van der Waals surface area (Å²) in [5, 5.41) is 10.4. The van der Waals surface area contributed by atoms with Crippen molar-refractivity contribution in [3.05, 3.63) is 59.7 Å². The molecule has 4 rings (SSSR count). The van der Waals surface area contributed by atoms with Gasteiger partial charge in [-0.1, -0.05) is 36.4 Å². The summed E-state index contributed by atoms with van der Waals surface area (Å²) in [4.78, 5) is 4.62. The normalized spacial score (nSPS) is 22.0. The number of hydrogen-bond acceptors (Lipinski definition) is 5. The van der Waals surface area contributed by atoms with Gasteiger partial charge < -0.3 is 19.5 Å². The van der Waals surface area contributed by atoms with Crippen LogP contribution in [0.3, 0.4) is 0 Å². The topological polar surface area (TPSA) is 45.2 Å². The molecule has 1 fully saturated rings. The third-order valence-electron chi connectivity index (χ3n) is 6.15. The van der Waals surface area contributed by atoms with E-state index in [-0.39, 0.29) is 24.6 Å². The molecule has 0 radical (unpaired) electrons. The number of aliphatic hydroxyl groups is 1. The molecule has 2 aliphatic heterocycles. The first kappa shape index (κ1) is 23.9. The van der Waals surface area contributed by atoms with E-state index in [1.54, 1.807) is 0 Å². The predicted molar refractivity (Wildman–Crippen MR) is 127 cm³/mol. The third-order valence-corrected chi connectivity index (χ3v) is 6.15. The maximum Gasteiger partial charge on any atom is 0.127 e. The number of β-amino-alcohol motifs (C(OH)–C–C–N with tert-alkyl or cyclic N) is 1. The molecule has 0 amide bonds. The molecule has 0 saturated carbocycles. The van der Waals surface area contributed by atoms with Gasteiger partial charge in [0.2, 0.25) is 0 Å². The van der Waals surface area contributed by atoms with Crippen molar-refractivity contribution >= 4 is 12.4 Å². The van der Waals surface area contributed by atoms with E-state index in [1.807, 2.05) is 12.1 Å². The zero-order valence-electron chi connectivity index (χ0n) is 18.8. The molecule has 31 heavy (non-hydrogen) atoms. The van der Waals surface area contributed by atoms with Crippen LogP contribution in [0.5, 0.6) is 11.5 Å². The van der Waals surface area contributed by atoms with E-state index >= 15 is 0 Å². The SMILES string of the molecule is CN1CCN(CC(O)COc2ccc3c(c2)OC(C)(C)CC3c2ccccc2)CC1.Cl. The fourth-order valence-electron chi connectivity index (χ4n) is 4.48. The van der Waals surface area contributed by atoms with Gasteiger partial charge in [-0.3, -0.25) is 4.90 Å². The smallest absolute Gasteiger partial charge is 0.127 e. The Morgan fingerprint density at radius 3 is 2.52 bits per heavy atom. The summed E-state index contributed by atoms with van der Waals surface area (Å²) in [5.41, 5.74) is 2.27. The molecule has 5 nitrogen and oxygen atoms in total. The monoisotopic (exact) mass is 446 g/mol. The molecule has 2 unspecified atom stereocenters. The second-order valence-electron chi connectivity index (χ2n) is 9.30. The van der Waals surface area contributed by atoms with E-state index in [0.29, 0.717) is 12.5 Å². The first-order chi connectivity index (χ1) is 14.4. The van der Waals surface area contributed by atoms with E-state index in [0.717, 1.165) is 44.1 Å². The number of likely N-dealkylation sites (N-methyl/N-ethyl adjacent to an activating group) is 1. The molecular formula is C25H35ClN2O3. The molecule has 0 aromatic heterocycles. The molecule has 2 atom stereocenters. The molecule has 0 spiro atoms. The first-order valence-corrected chi connectivity index (χ1v) is 11.0. The van der Waals surface area contributed by atoms with E-state index < -0.39 is 6.10 Å². The van der Waals surface area contributed by atoms with Crippen LogP contribution in [0.15, 0.2) is 48.5 Å². The molecule has 2 aromatic rings. The minimum absolute atomic E-state index is 0. The number of fused-ring (bicyclic) bond motifs is 1. The predicted octanol–water partition coefficient (Wildman–Crippen LogP) is 3.79. The van der Waals surface area contributed by atoms with E-state index in [9.17, 15) is 5.11 Å². The Labute approximate surface area is 192 Å². The summed E-state index contributed by atoms with van der Waals surface area (Å²) < 4.78 is 12.2. The minimum Gasteiger partial charge on any atom is -0.491 e. The molecule has 170 valence electrons. The lowest BCUT2D eigenvalue weighted by Gasteiger charge is -2.38. The Balaban J connectivity index is 0.00000272. The van der Waals surface area contributed by atoms with Crippen LogP contribution in [-0.2, 0) is 0 Å². The molecule has 2 aliphatic rings. The van der Waals surface area contributed by atoms with Crippen molar-refractivity contribution in [2.75, 3.05) is 46.4 Å². The van der Waals surface area contributed by atoms with Gasteiger partial charge in [0.05, 0.1) is 0 Å². The van der Waals surface area contributed by atoms with Gasteiger partial charge in [0, 0.05) is 50.3 Å². The van der Waals surface area contributed by atoms with Crippen LogP contribution >= 0.6 is 12.4 Å². The van der Waals surface area contributed by atoms with Crippen LogP contribution in [0.25, 0.3) is 0 Å². The van der Waals surface area contributed by atoms with Gasteiger partial charge in [-0.25, -0.2) is 0 Å². The van der Waals surface area contributed by atoms with Crippen molar-refractivity contribution < 1.29 is 14.6 Å². The zero-order chi connectivity index (χ0) is 21.1. The Morgan fingerprint density at radius 2 is 1.81 bits per heavy atom.